The van der Waals surface area contributed by atoms with Crippen molar-refractivity contribution in [3.63, 3.8) is 0 Å². The van der Waals surface area contributed by atoms with Crippen LogP contribution in [0.1, 0.15) is 10.4 Å². The Morgan fingerprint density at radius 1 is 1.16 bits per heavy atom. The van der Waals surface area contributed by atoms with E-state index in [1.54, 1.807) is 19.4 Å². The van der Waals surface area contributed by atoms with E-state index < -0.39 is 0 Å². The largest absolute Gasteiger partial charge is 0.497 e. The summed E-state index contributed by atoms with van der Waals surface area (Å²) in [6.45, 7) is 0. The molecule has 0 bridgehead atoms. The molecule has 2 N–H and O–H groups in total. The number of ether oxygens (including phenoxy) is 1. The van der Waals surface area contributed by atoms with Crippen molar-refractivity contribution in [2.75, 3.05) is 12.4 Å². The molecule has 1 amide bonds. The van der Waals surface area contributed by atoms with Gasteiger partial charge in [0.25, 0.3) is 5.91 Å². The van der Waals surface area contributed by atoms with Gasteiger partial charge in [0.2, 0.25) is 5.89 Å². The van der Waals surface area contributed by atoms with Crippen molar-refractivity contribution in [3.8, 4) is 17.2 Å². The lowest BCUT2D eigenvalue weighted by molar-refractivity contribution is 0.102. The Kier molecular flexibility index (Phi) is 3.66. The standard InChI is InChI=1S/C18H14N4O3/c1-24-12-6-4-5-11(9-12)17-21-22-18(25-17)20-16(23)14-10-19-15-8-3-2-7-13(14)15/h2-10,19H,1H3,(H,20,22,23). The van der Waals surface area contributed by atoms with Crippen LogP contribution in [0.15, 0.2) is 59.1 Å². The molecule has 0 aliphatic carbocycles. The highest BCUT2D eigenvalue weighted by atomic mass is 16.5. The fourth-order valence-corrected chi connectivity index (χ4v) is 2.57. The van der Waals surface area contributed by atoms with E-state index in [4.69, 9.17) is 9.15 Å². The van der Waals surface area contributed by atoms with Crippen LogP contribution in [0.3, 0.4) is 0 Å². The Labute approximate surface area is 142 Å². The molecule has 0 unspecified atom stereocenters. The number of para-hydroxylation sites is 1. The van der Waals surface area contributed by atoms with Gasteiger partial charge in [-0.1, -0.05) is 29.4 Å². The minimum Gasteiger partial charge on any atom is -0.497 e. The second-order valence-electron chi connectivity index (χ2n) is 5.35. The van der Waals surface area contributed by atoms with E-state index >= 15 is 0 Å². The van der Waals surface area contributed by atoms with Crippen LogP contribution in [0.4, 0.5) is 6.01 Å². The lowest BCUT2D eigenvalue weighted by Crippen LogP contribution is -2.11. The molecule has 0 saturated carbocycles. The van der Waals surface area contributed by atoms with E-state index in [0.717, 1.165) is 10.9 Å². The van der Waals surface area contributed by atoms with Crippen molar-refractivity contribution < 1.29 is 13.9 Å². The summed E-state index contributed by atoms with van der Waals surface area (Å²) in [5.74, 6) is 0.659. The van der Waals surface area contributed by atoms with Crippen molar-refractivity contribution in [1.82, 2.24) is 15.2 Å². The summed E-state index contributed by atoms with van der Waals surface area (Å²) in [5, 5.41) is 11.3. The second kappa shape index (κ2) is 6.12. The number of amides is 1. The minimum absolute atomic E-state index is 0.0353. The van der Waals surface area contributed by atoms with Crippen molar-refractivity contribution >= 4 is 22.8 Å². The normalized spacial score (nSPS) is 10.8. The summed E-state index contributed by atoms with van der Waals surface area (Å²) in [5.41, 5.74) is 2.10. The van der Waals surface area contributed by atoms with Crippen LogP contribution < -0.4 is 10.1 Å². The topological polar surface area (TPSA) is 93.0 Å². The number of benzene rings is 2. The first-order valence-electron chi connectivity index (χ1n) is 7.60. The molecule has 2 aromatic heterocycles. The van der Waals surface area contributed by atoms with Gasteiger partial charge < -0.3 is 14.1 Å². The Balaban J connectivity index is 1.57. The zero-order valence-electron chi connectivity index (χ0n) is 13.3. The Morgan fingerprint density at radius 3 is 2.92 bits per heavy atom. The molecule has 0 saturated heterocycles. The number of H-pyrrole nitrogens is 1. The van der Waals surface area contributed by atoms with Crippen molar-refractivity contribution in [2.45, 2.75) is 0 Å². The molecule has 25 heavy (non-hydrogen) atoms. The van der Waals surface area contributed by atoms with Crippen LogP contribution >= 0.6 is 0 Å². The minimum atomic E-state index is -0.321. The molecule has 0 aliphatic rings. The van der Waals surface area contributed by atoms with Crippen LogP contribution in [0, 0.1) is 0 Å². The van der Waals surface area contributed by atoms with Crippen LogP contribution in [0.2, 0.25) is 0 Å². The lowest BCUT2D eigenvalue weighted by Gasteiger charge is -2.00. The lowest BCUT2D eigenvalue weighted by atomic mass is 10.2. The third-order valence-electron chi connectivity index (χ3n) is 3.80. The van der Waals surface area contributed by atoms with Crippen molar-refractivity contribution in [1.29, 1.82) is 0 Å². The van der Waals surface area contributed by atoms with Gasteiger partial charge >= 0.3 is 6.01 Å². The molecule has 2 heterocycles. The summed E-state index contributed by atoms with van der Waals surface area (Å²) in [4.78, 5) is 15.5. The average Bonchev–Trinajstić information content (AvgIpc) is 3.28. The van der Waals surface area contributed by atoms with Crippen LogP contribution in [0.25, 0.3) is 22.4 Å². The van der Waals surface area contributed by atoms with Gasteiger partial charge in [-0.3, -0.25) is 10.1 Å². The zero-order valence-corrected chi connectivity index (χ0v) is 13.3. The van der Waals surface area contributed by atoms with Crippen molar-refractivity contribution in [2.24, 2.45) is 0 Å². The van der Waals surface area contributed by atoms with E-state index in [-0.39, 0.29) is 11.9 Å². The van der Waals surface area contributed by atoms with E-state index in [0.29, 0.717) is 22.8 Å². The number of fused-ring (bicyclic) bond motifs is 1. The quantitative estimate of drug-likeness (QED) is 0.596. The van der Waals surface area contributed by atoms with Gasteiger partial charge in [0.15, 0.2) is 0 Å². The maximum absolute atomic E-state index is 12.5. The predicted molar refractivity (Wildman–Crippen MR) is 92.5 cm³/mol. The maximum atomic E-state index is 12.5. The Bertz CT molecular complexity index is 1050. The average molecular weight is 334 g/mol. The summed E-state index contributed by atoms with van der Waals surface area (Å²) in [7, 11) is 1.58. The second-order valence-corrected chi connectivity index (χ2v) is 5.35. The molecule has 0 spiro atoms. The first kappa shape index (κ1) is 14.9. The van der Waals surface area contributed by atoms with E-state index in [1.165, 1.54) is 0 Å². The molecular weight excluding hydrogens is 320 g/mol. The summed E-state index contributed by atoms with van der Waals surface area (Å²) in [6.07, 6.45) is 1.65. The molecule has 0 fully saturated rings. The number of hydrogen-bond donors (Lipinski definition) is 2. The fraction of sp³-hybridized carbons (Fsp3) is 0.0556. The molecule has 7 heteroatoms. The molecule has 0 radical (unpaired) electrons. The van der Waals surface area contributed by atoms with Gasteiger partial charge in [0.1, 0.15) is 5.75 Å². The molecular formula is C18H14N4O3. The van der Waals surface area contributed by atoms with Crippen LogP contribution in [0.5, 0.6) is 5.75 Å². The molecule has 0 aliphatic heterocycles. The van der Waals surface area contributed by atoms with E-state index in [9.17, 15) is 4.79 Å². The highest BCUT2D eigenvalue weighted by Gasteiger charge is 2.16. The van der Waals surface area contributed by atoms with E-state index in [1.807, 2.05) is 42.5 Å². The maximum Gasteiger partial charge on any atom is 0.322 e. The number of aromatic nitrogens is 3. The molecule has 4 rings (SSSR count). The SMILES string of the molecule is COc1cccc(-c2nnc(NC(=O)c3c[nH]c4ccccc34)o2)c1. The summed E-state index contributed by atoms with van der Waals surface area (Å²) in [6, 6.07) is 14.8. The summed E-state index contributed by atoms with van der Waals surface area (Å²) < 4.78 is 10.7. The first-order chi connectivity index (χ1) is 12.2. The highest BCUT2D eigenvalue weighted by molar-refractivity contribution is 6.12. The van der Waals surface area contributed by atoms with Gasteiger partial charge in [0, 0.05) is 22.7 Å². The number of aromatic amines is 1. The smallest absolute Gasteiger partial charge is 0.322 e. The third-order valence-corrected chi connectivity index (χ3v) is 3.80. The number of nitrogens with one attached hydrogen (secondary N) is 2. The summed E-state index contributed by atoms with van der Waals surface area (Å²) >= 11 is 0. The number of methoxy groups -OCH3 is 1. The number of nitrogens with zero attached hydrogens (tertiary/aromatic N) is 2. The Hall–Kier alpha value is -3.61. The molecule has 124 valence electrons. The van der Waals surface area contributed by atoms with Gasteiger partial charge in [0.05, 0.1) is 12.7 Å². The Morgan fingerprint density at radius 2 is 2.04 bits per heavy atom. The number of hydrogen-bond acceptors (Lipinski definition) is 5. The number of anilines is 1. The molecule has 7 nitrogen and oxygen atoms in total. The van der Waals surface area contributed by atoms with Gasteiger partial charge in [-0.2, -0.15) is 0 Å². The number of carbonyl (C=O) groups excluding carboxylic acids is 1. The number of carbonyl (C=O) groups is 1. The van der Waals surface area contributed by atoms with Crippen molar-refractivity contribution in [3.05, 3.63) is 60.3 Å². The van der Waals surface area contributed by atoms with Gasteiger partial charge in [-0.05, 0) is 24.3 Å². The van der Waals surface area contributed by atoms with Gasteiger partial charge in [-0.15, -0.1) is 5.10 Å². The molecule has 2 aromatic carbocycles. The number of rotatable bonds is 4. The predicted octanol–water partition coefficient (Wildman–Crippen LogP) is 3.48. The third kappa shape index (κ3) is 2.83. The molecule has 0 atom stereocenters. The molecule has 4 aromatic rings. The monoisotopic (exact) mass is 334 g/mol. The fourth-order valence-electron chi connectivity index (χ4n) is 2.57. The van der Waals surface area contributed by atoms with Gasteiger partial charge in [-0.25, -0.2) is 0 Å². The highest BCUT2D eigenvalue weighted by Crippen LogP contribution is 2.24. The van der Waals surface area contributed by atoms with Crippen LogP contribution in [-0.2, 0) is 0 Å². The zero-order chi connectivity index (χ0) is 17.2. The van der Waals surface area contributed by atoms with E-state index in [2.05, 4.69) is 20.5 Å². The van der Waals surface area contributed by atoms with Crippen LogP contribution in [-0.4, -0.2) is 28.2 Å². The first-order valence-corrected chi connectivity index (χ1v) is 7.60.